The van der Waals surface area contributed by atoms with Gasteiger partial charge < -0.3 is 0 Å². The topological polar surface area (TPSA) is 0 Å². The van der Waals surface area contributed by atoms with E-state index < -0.39 is 0 Å². The normalized spacial score (nSPS) is 25.9. The third kappa shape index (κ3) is 2.37. The third-order valence-electron chi connectivity index (χ3n) is 6.91. The molecule has 0 spiro atoms. The van der Waals surface area contributed by atoms with Gasteiger partial charge in [0.2, 0.25) is 0 Å². The van der Waals surface area contributed by atoms with E-state index in [1.165, 1.54) is 33.4 Å². The van der Waals surface area contributed by atoms with Gasteiger partial charge in [-0.05, 0) is 66.9 Å². The number of allylic oxidation sites excluding steroid dienone is 8. The lowest BCUT2D eigenvalue weighted by atomic mass is 9.61. The van der Waals surface area contributed by atoms with Gasteiger partial charge in [-0.25, -0.2) is 0 Å². The summed E-state index contributed by atoms with van der Waals surface area (Å²) in [5.74, 6) is 0.543. The Morgan fingerprint density at radius 3 is 2.43 bits per heavy atom. The van der Waals surface area contributed by atoms with Crippen molar-refractivity contribution in [3.63, 3.8) is 0 Å². The molecule has 2 aromatic carbocycles. The minimum Gasteiger partial charge on any atom is -0.0833 e. The highest BCUT2D eigenvalue weighted by atomic mass is 14.5. The number of hydrogen-bond donors (Lipinski definition) is 0. The van der Waals surface area contributed by atoms with E-state index in [4.69, 9.17) is 0 Å². The van der Waals surface area contributed by atoms with Crippen molar-refractivity contribution >= 4 is 5.57 Å². The monoisotopic (exact) mass is 364 g/mol. The number of aryl methyl sites for hydroxylation is 1. The second-order valence-corrected chi connectivity index (χ2v) is 8.73. The van der Waals surface area contributed by atoms with Gasteiger partial charge in [0.15, 0.2) is 0 Å². The van der Waals surface area contributed by atoms with Gasteiger partial charge in [0.25, 0.3) is 0 Å². The summed E-state index contributed by atoms with van der Waals surface area (Å²) in [6.45, 7) is 6.85. The molecule has 0 bridgehead atoms. The maximum Gasteiger partial charge on any atom is 0.0642 e. The van der Waals surface area contributed by atoms with Crippen LogP contribution in [0.3, 0.4) is 0 Å². The van der Waals surface area contributed by atoms with E-state index in [1.807, 2.05) is 0 Å². The SMILES string of the molecule is CC1=CC=C(C2(c3ccc(C)cc3)C3=C(C=CCC3C)c3ccccc32)CC1. The van der Waals surface area contributed by atoms with Crippen LogP contribution in [0.1, 0.15) is 55.4 Å². The average molecular weight is 365 g/mol. The molecule has 0 radical (unpaired) electrons. The van der Waals surface area contributed by atoms with Crippen LogP contribution >= 0.6 is 0 Å². The fraction of sp³-hybridized carbons (Fsp3) is 0.286. The summed E-state index contributed by atoms with van der Waals surface area (Å²) in [7, 11) is 0. The van der Waals surface area contributed by atoms with Crippen molar-refractivity contribution in [2.45, 2.75) is 45.4 Å². The van der Waals surface area contributed by atoms with Gasteiger partial charge in [-0.1, -0.05) is 96.5 Å². The minimum atomic E-state index is -0.124. The second kappa shape index (κ2) is 6.48. The molecule has 3 aliphatic rings. The van der Waals surface area contributed by atoms with Gasteiger partial charge in [0, 0.05) is 0 Å². The molecule has 0 nitrogen and oxygen atoms in total. The minimum absolute atomic E-state index is 0.124. The van der Waals surface area contributed by atoms with E-state index in [2.05, 4.69) is 93.6 Å². The molecule has 0 saturated heterocycles. The van der Waals surface area contributed by atoms with Crippen LogP contribution < -0.4 is 0 Å². The van der Waals surface area contributed by atoms with E-state index in [0.29, 0.717) is 5.92 Å². The average Bonchev–Trinajstić information content (AvgIpc) is 3.02. The van der Waals surface area contributed by atoms with Crippen LogP contribution in [0.15, 0.2) is 89.6 Å². The molecule has 0 heterocycles. The Morgan fingerprint density at radius 1 is 0.893 bits per heavy atom. The number of fused-ring (bicyclic) bond motifs is 2. The molecule has 0 aliphatic heterocycles. The summed E-state index contributed by atoms with van der Waals surface area (Å²) in [5.41, 5.74) is 11.6. The predicted octanol–water partition coefficient (Wildman–Crippen LogP) is 7.31. The summed E-state index contributed by atoms with van der Waals surface area (Å²) in [6, 6.07) is 18.4. The van der Waals surface area contributed by atoms with Gasteiger partial charge in [0.1, 0.15) is 0 Å². The van der Waals surface area contributed by atoms with Crippen molar-refractivity contribution < 1.29 is 0 Å². The molecular formula is C28H28. The Labute approximate surface area is 169 Å². The highest BCUT2D eigenvalue weighted by Crippen LogP contribution is 2.59. The summed E-state index contributed by atoms with van der Waals surface area (Å²) < 4.78 is 0. The highest BCUT2D eigenvalue weighted by molar-refractivity contribution is 5.91. The summed E-state index contributed by atoms with van der Waals surface area (Å²) >= 11 is 0. The largest absolute Gasteiger partial charge is 0.0833 e. The lowest BCUT2D eigenvalue weighted by Gasteiger charge is -2.41. The van der Waals surface area contributed by atoms with E-state index in [1.54, 1.807) is 11.1 Å². The molecule has 0 fully saturated rings. The molecule has 3 aliphatic carbocycles. The standard InChI is InChI=1S/C28H28/c1-19-11-15-22(16-12-19)28(23-17-13-20(2)14-18-23)26-10-5-4-8-24(26)25-9-6-7-21(3)27(25)28/h4-6,8-13,15-17,21H,7,14,18H2,1-3H3. The first-order valence-corrected chi connectivity index (χ1v) is 10.6. The summed E-state index contributed by atoms with van der Waals surface area (Å²) in [6.07, 6.45) is 12.9. The lowest BCUT2D eigenvalue weighted by Crippen LogP contribution is -2.34. The van der Waals surface area contributed by atoms with Crippen molar-refractivity contribution in [3.05, 3.63) is 112 Å². The Bertz CT molecular complexity index is 1060. The van der Waals surface area contributed by atoms with Crippen molar-refractivity contribution in [1.82, 2.24) is 0 Å². The van der Waals surface area contributed by atoms with Gasteiger partial charge in [-0.3, -0.25) is 0 Å². The van der Waals surface area contributed by atoms with Crippen LogP contribution in [0.5, 0.6) is 0 Å². The van der Waals surface area contributed by atoms with Crippen LogP contribution in [0.2, 0.25) is 0 Å². The van der Waals surface area contributed by atoms with E-state index in [0.717, 1.165) is 19.3 Å². The van der Waals surface area contributed by atoms with Gasteiger partial charge in [-0.2, -0.15) is 0 Å². The molecule has 0 aromatic heterocycles. The number of hydrogen-bond acceptors (Lipinski definition) is 0. The summed E-state index contributed by atoms with van der Waals surface area (Å²) in [5, 5.41) is 0. The molecule has 28 heavy (non-hydrogen) atoms. The Balaban J connectivity index is 1.89. The van der Waals surface area contributed by atoms with E-state index in [9.17, 15) is 0 Å². The van der Waals surface area contributed by atoms with E-state index in [-0.39, 0.29) is 5.41 Å². The molecule has 2 unspecified atom stereocenters. The Kier molecular flexibility index (Phi) is 4.05. The molecule has 2 atom stereocenters. The molecule has 0 amide bonds. The Hall–Kier alpha value is -2.60. The van der Waals surface area contributed by atoms with Crippen LogP contribution in [0.4, 0.5) is 0 Å². The zero-order chi connectivity index (χ0) is 19.3. The molecule has 140 valence electrons. The number of benzene rings is 2. The van der Waals surface area contributed by atoms with Gasteiger partial charge >= 0.3 is 0 Å². The zero-order valence-electron chi connectivity index (χ0n) is 17.1. The van der Waals surface area contributed by atoms with Crippen LogP contribution in [-0.2, 0) is 5.41 Å². The van der Waals surface area contributed by atoms with Crippen molar-refractivity contribution in [1.29, 1.82) is 0 Å². The van der Waals surface area contributed by atoms with Gasteiger partial charge in [-0.15, -0.1) is 0 Å². The third-order valence-corrected chi connectivity index (χ3v) is 6.91. The maximum absolute atomic E-state index is 2.43. The smallest absolute Gasteiger partial charge is 0.0642 e. The molecule has 5 rings (SSSR count). The first kappa shape index (κ1) is 17.5. The van der Waals surface area contributed by atoms with Crippen LogP contribution in [0.25, 0.3) is 5.57 Å². The fourth-order valence-electron chi connectivity index (χ4n) is 5.56. The quantitative estimate of drug-likeness (QED) is 0.524. The van der Waals surface area contributed by atoms with Crippen molar-refractivity contribution in [2.75, 3.05) is 0 Å². The molecule has 2 aromatic rings. The second-order valence-electron chi connectivity index (χ2n) is 8.73. The molecule has 0 heteroatoms. The number of rotatable bonds is 2. The maximum atomic E-state index is 2.43. The predicted molar refractivity (Wildman–Crippen MR) is 119 cm³/mol. The van der Waals surface area contributed by atoms with Crippen molar-refractivity contribution in [2.24, 2.45) is 5.92 Å². The zero-order valence-corrected chi connectivity index (χ0v) is 17.1. The first-order chi connectivity index (χ1) is 13.6. The Morgan fingerprint density at radius 2 is 1.68 bits per heavy atom. The molecule has 0 N–H and O–H groups in total. The van der Waals surface area contributed by atoms with Gasteiger partial charge in [0.05, 0.1) is 5.41 Å². The molecule has 0 saturated carbocycles. The fourth-order valence-corrected chi connectivity index (χ4v) is 5.56. The van der Waals surface area contributed by atoms with Crippen LogP contribution in [0, 0.1) is 12.8 Å². The van der Waals surface area contributed by atoms with Crippen LogP contribution in [-0.4, -0.2) is 0 Å². The first-order valence-electron chi connectivity index (χ1n) is 10.6. The van der Waals surface area contributed by atoms with E-state index >= 15 is 0 Å². The lowest BCUT2D eigenvalue weighted by molar-refractivity contribution is 0.559. The van der Waals surface area contributed by atoms with Crippen molar-refractivity contribution in [3.8, 4) is 0 Å². The summed E-state index contributed by atoms with van der Waals surface area (Å²) in [4.78, 5) is 0. The molecular weight excluding hydrogens is 336 g/mol. The highest BCUT2D eigenvalue weighted by Gasteiger charge is 2.50.